The number of rotatable bonds is 13. The summed E-state index contributed by atoms with van der Waals surface area (Å²) in [5.74, 6) is -3.34. The number of allylic oxidation sites excluding steroid dienone is 2. The molecule has 10 heteroatoms. The van der Waals surface area contributed by atoms with Gasteiger partial charge >= 0.3 is 0 Å². The van der Waals surface area contributed by atoms with Crippen molar-refractivity contribution >= 4 is 11.6 Å². The zero-order valence-corrected chi connectivity index (χ0v) is 18.1. The zero-order chi connectivity index (χ0) is 23.0. The Morgan fingerprint density at radius 2 is 1.06 bits per heavy atom. The highest BCUT2D eigenvalue weighted by Crippen LogP contribution is 2.51. The van der Waals surface area contributed by atoms with Gasteiger partial charge in [-0.25, -0.2) is 0 Å². The van der Waals surface area contributed by atoms with E-state index in [0.29, 0.717) is 0 Å². The predicted molar refractivity (Wildman–Crippen MR) is 108 cm³/mol. The topological polar surface area (TPSA) is 130 Å². The van der Waals surface area contributed by atoms with Crippen molar-refractivity contribution in [2.24, 2.45) is 0 Å². The zero-order valence-electron chi connectivity index (χ0n) is 18.1. The Bertz CT molecular complexity index is 843. The van der Waals surface area contributed by atoms with Crippen molar-refractivity contribution in [2.45, 2.75) is 13.3 Å². The van der Waals surface area contributed by atoms with E-state index in [4.69, 9.17) is 28.4 Å². The predicted octanol–water partition coefficient (Wildman–Crippen LogP) is 1.85. The number of carbonyl (C=O) groups excluding carboxylic acids is 2. The largest absolute Gasteiger partial charge is 0.504 e. The van der Waals surface area contributed by atoms with Gasteiger partial charge < -0.3 is 38.6 Å². The van der Waals surface area contributed by atoms with Gasteiger partial charge in [-0.05, 0) is 6.42 Å². The Morgan fingerprint density at radius 1 is 0.645 bits per heavy atom. The highest BCUT2D eigenvalue weighted by atomic mass is 16.6. The first-order valence-electron chi connectivity index (χ1n) is 9.74. The van der Waals surface area contributed by atoms with E-state index in [0.717, 1.165) is 0 Å². The molecule has 1 aromatic carbocycles. The third-order valence-electron chi connectivity index (χ3n) is 4.52. The highest BCUT2D eigenvalue weighted by Gasteiger charge is 2.41. The van der Waals surface area contributed by atoms with Gasteiger partial charge in [-0.15, -0.1) is 0 Å². The van der Waals surface area contributed by atoms with E-state index in [-0.39, 0.29) is 74.5 Å². The Labute approximate surface area is 180 Å². The molecule has 10 nitrogen and oxygen atoms in total. The van der Waals surface area contributed by atoms with Crippen LogP contribution in [-0.2, 0) is 18.9 Å². The van der Waals surface area contributed by atoms with Crippen LogP contribution >= 0.6 is 0 Å². The fourth-order valence-electron chi connectivity index (χ4n) is 3.05. The molecule has 0 heterocycles. The summed E-state index contributed by atoms with van der Waals surface area (Å²) < 4.78 is 31.3. The van der Waals surface area contributed by atoms with Crippen molar-refractivity contribution in [1.82, 2.24) is 0 Å². The number of aromatic hydroxyl groups is 2. The van der Waals surface area contributed by atoms with Gasteiger partial charge in [0.15, 0.2) is 23.0 Å². The van der Waals surface area contributed by atoms with Crippen LogP contribution in [0.1, 0.15) is 34.1 Å². The molecule has 2 rings (SSSR count). The first kappa shape index (κ1) is 24.4. The summed E-state index contributed by atoms with van der Waals surface area (Å²) in [6.07, 6.45) is 0.179. The smallest absolute Gasteiger partial charge is 0.232 e. The Morgan fingerprint density at radius 3 is 1.48 bits per heavy atom. The van der Waals surface area contributed by atoms with Crippen molar-refractivity contribution in [2.75, 3.05) is 61.0 Å². The molecule has 1 aliphatic rings. The molecule has 0 bridgehead atoms. The van der Waals surface area contributed by atoms with Gasteiger partial charge in [0.1, 0.15) is 19.8 Å². The van der Waals surface area contributed by atoms with Gasteiger partial charge in [-0.2, -0.15) is 0 Å². The van der Waals surface area contributed by atoms with E-state index in [1.165, 1.54) is 21.3 Å². The maximum Gasteiger partial charge on any atom is 0.232 e. The number of benzene rings is 1. The molecule has 0 fully saturated rings. The van der Waals surface area contributed by atoms with Crippen LogP contribution in [0.2, 0.25) is 0 Å². The summed E-state index contributed by atoms with van der Waals surface area (Å²) in [6.45, 7) is 2.27. The van der Waals surface area contributed by atoms with Crippen LogP contribution in [0.25, 0.3) is 0 Å². The van der Waals surface area contributed by atoms with Crippen LogP contribution < -0.4 is 9.47 Å². The summed E-state index contributed by atoms with van der Waals surface area (Å²) in [4.78, 5) is 26.3. The van der Waals surface area contributed by atoms with Crippen molar-refractivity contribution < 1.29 is 48.2 Å². The lowest BCUT2D eigenvalue weighted by atomic mass is 9.85. The minimum Gasteiger partial charge on any atom is -0.504 e. The molecule has 0 unspecified atom stereocenters. The number of fused-ring (bicyclic) bond motifs is 1. The Balaban J connectivity index is 2.62. The molecule has 2 N–H and O–H groups in total. The SMILES string of the molecule is CCC1=C(OCCOC)C(=O)c2c(O)c(OCCOC)c(OCCOC)c(O)c2C1=O. The fraction of sp³-hybridized carbons (Fsp3) is 0.524. The van der Waals surface area contributed by atoms with Gasteiger partial charge in [0.25, 0.3) is 0 Å². The molecule has 0 saturated heterocycles. The number of phenolic OH excluding ortho intramolecular Hbond substituents is 2. The van der Waals surface area contributed by atoms with Crippen molar-refractivity contribution in [1.29, 1.82) is 0 Å². The van der Waals surface area contributed by atoms with E-state index in [1.54, 1.807) is 6.92 Å². The average molecular weight is 440 g/mol. The van der Waals surface area contributed by atoms with Crippen molar-refractivity contribution in [3.8, 4) is 23.0 Å². The van der Waals surface area contributed by atoms with Crippen LogP contribution in [0.4, 0.5) is 0 Å². The first-order chi connectivity index (χ1) is 14.9. The molecule has 0 saturated carbocycles. The van der Waals surface area contributed by atoms with Crippen molar-refractivity contribution in [3.63, 3.8) is 0 Å². The molecule has 0 aromatic heterocycles. The number of carbonyl (C=O) groups is 2. The lowest BCUT2D eigenvalue weighted by molar-refractivity contribution is 0.0763. The van der Waals surface area contributed by atoms with Crippen LogP contribution in [0.3, 0.4) is 0 Å². The van der Waals surface area contributed by atoms with Gasteiger partial charge in [-0.3, -0.25) is 9.59 Å². The summed E-state index contributed by atoms with van der Waals surface area (Å²) in [5.41, 5.74) is -0.678. The number of methoxy groups -OCH3 is 3. The molecular formula is C21H28O10. The Hall–Kier alpha value is -2.82. The maximum absolute atomic E-state index is 13.2. The molecule has 1 aromatic rings. The lowest BCUT2D eigenvalue weighted by Gasteiger charge is -2.25. The van der Waals surface area contributed by atoms with Crippen molar-refractivity contribution in [3.05, 3.63) is 22.5 Å². The second kappa shape index (κ2) is 11.5. The summed E-state index contributed by atoms with van der Waals surface area (Å²) in [7, 11) is 4.40. The molecule has 1 aliphatic carbocycles. The Kier molecular flexibility index (Phi) is 9.10. The van der Waals surface area contributed by atoms with Crippen LogP contribution in [0.15, 0.2) is 11.3 Å². The van der Waals surface area contributed by atoms with E-state index in [9.17, 15) is 19.8 Å². The second-order valence-electron chi connectivity index (χ2n) is 6.45. The molecular weight excluding hydrogens is 412 g/mol. The summed E-state index contributed by atoms with van der Waals surface area (Å²) in [6, 6.07) is 0. The maximum atomic E-state index is 13.2. The van der Waals surface area contributed by atoms with Gasteiger partial charge in [0, 0.05) is 26.9 Å². The molecule has 0 amide bonds. The third-order valence-corrected chi connectivity index (χ3v) is 4.52. The number of phenols is 2. The molecule has 0 radical (unpaired) electrons. The standard InChI is InChI=1S/C21H28O10/c1-5-12-15(22)13-14(16(23)19(12)29-9-6-26-2)18(25)21(31-11-8-28-4)20(17(13)24)30-10-7-27-3/h24-25H,5-11H2,1-4H3. The summed E-state index contributed by atoms with van der Waals surface area (Å²) >= 11 is 0. The number of hydrogen-bond acceptors (Lipinski definition) is 10. The molecule has 0 spiro atoms. The van der Waals surface area contributed by atoms with Gasteiger partial charge in [0.2, 0.25) is 17.3 Å². The second-order valence-corrected chi connectivity index (χ2v) is 6.45. The minimum absolute atomic E-state index is 0.00168. The first-order valence-corrected chi connectivity index (χ1v) is 9.74. The lowest BCUT2D eigenvalue weighted by Crippen LogP contribution is -2.25. The van der Waals surface area contributed by atoms with E-state index in [2.05, 4.69) is 0 Å². The molecule has 172 valence electrons. The monoisotopic (exact) mass is 440 g/mol. The number of ketones is 2. The van der Waals surface area contributed by atoms with Crippen LogP contribution in [0.5, 0.6) is 23.0 Å². The van der Waals surface area contributed by atoms with E-state index >= 15 is 0 Å². The van der Waals surface area contributed by atoms with Gasteiger partial charge in [0.05, 0.1) is 30.9 Å². The third kappa shape index (κ3) is 5.09. The minimum atomic E-state index is -0.740. The number of ether oxygens (including phenoxy) is 6. The normalized spacial score (nSPS) is 13.4. The molecule has 0 atom stereocenters. The summed E-state index contributed by atoms with van der Waals surface area (Å²) in [5, 5.41) is 21.7. The van der Waals surface area contributed by atoms with Crippen LogP contribution in [0, 0.1) is 0 Å². The highest BCUT2D eigenvalue weighted by molar-refractivity contribution is 6.28. The molecule has 31 heavy (non-hydrogen) atoms. The van der Waals surface area contributed by atoms with Crippen LogP contribution in [-0.4, -0.2) is 82.8 Å². The van der Waals surface area contributed by atoms with Gasteiger partial charge in [-0.1, -0.05) is 6.92 Å². The van der Waals surface area contributed by atoms with E-state index in [1.807, 2.05) is 0 Å². The quantitative estimate of drug-likeness (QED) is 0.346. The average Bonchev–Trinajstić information content (AvgIpc) is 2.75. The number of Topliss-reactive ketones (excluding diaryl/α,β-unsaturated/α-hetero) is 2. The number of hydrogen-bond donors (Lipinski definition) is 2. The fourth-order valence-corrected chi connectivity index (χ4v) is 3.05. The van der Waals surface area contributed by atoms with E-state index < -0.39 is 28.6 Å². The molecule has 0 aliphatic heterocycles.